The molecule has 2 aromatic carbocycles. The van der Waals surface area contributed by atoms with Crippen LogP contribution >= 0.6 is 11.6 Å². The molecule has 0 aliphatic rings. The second-order valence-electron chi connectivity index (χ2n) is 5.51. The molecule has 1 atom stereocenters. The molecule has 1 heterocycles. The Morgan fingerprint density at radius 1 is 1.08 bits per heavy atom. The summed E-state index contributed by atoms with van der Waals surface area (Å²) in [4.78, 5) is 8.79. The van der Waals surface area contributed by atoms with Crippen molar-refractivity contribution in [1.82, 2.24) is 9.97 Å². The van der Waals surface area contributed by atoms with Crippen LogP contribution in [0.1, 0.15) is 18.5 Å². The van der Waals surface area contributed by atoms with E-state index in [0.29, 0.717) is 22.5 Å². The van der Waals surface area contributed by atoms with Gasteiger partial charge in [-0.25, -0.2) is 4.98 Å². The number of halogens is 1. The topological polar surface area (TPSA) is 59.1 Å². The zero-order valence-electron chi connectivity index (χ0n) is 14.0. The van der Waals surface area contributed by atoms with Gasteiger partial charge in [0.25, 0.3) is 0 Å². The van der Waals surface area contributed by atoms with Crippen molar-refractivity contribution in [2.45, 2.75) is 13.0 Å². The number of aromatic nitrogens is 2. The summed E-state index contributed by atoms with van der Waals surface area (Å²) in [6.07, 6.45) is 1.70. The average Bonchev–Trinajstić information content (AvgIpc) is 2.63. The van der Waals surface area contributed by atoms with Crippen molar-refractivity contribution in [3.63, 3.8) is 0 Å². The van der Waals surface area contributed by atoms with E-state index >= 15 is 0 Å². The first kappa shape index (κ1) is 17.0. The van der Waals surface area contributed by atoms with Crippen molar-refractivity contribution >= 4 is 29.1 Å². The molecule has 0 saturated heterocycles. The second kappa shape index (κ2) is 7.85. The fourth-order valence-electron chi connectivity index (χ4n) is 2.43. The van der Waals surface area contributed by atoms with Crippen LogP contribution in [-0.4, -0.2) is 17.1 Å². The summed E-state index contributed by atoms with van der Waals surface area (Å²) in [5.74, 6) is 1.89. The molecule has 0 bridgehead atoms. The molecule has 5 nitrogen and oxygen atoms in total. The van der Waals surface area contributed by atoms with E-state index in [-0.39, 0.29) is 6.04 Å². The van der Waals surface area contributed by atoms with E-state index in [4.69, 9.17) is 16.3 Å². The number of benzene rings is 2. The van der Waals surface area contributed by atoms with E-state index in [2.05, 4.69) is 39.7 Å². The highest BCUT2D eigenvalue weighted by Gasteiger charge is 2.09. The average molecular weight is 355 g/mol. The minimum Gasteiger partial charge on any atom is -0.495 e. The predicted molar refractivity (Wildman–Crippen MR) is 102 cm³/mol. The Morgan fingerprint density at radius 3 is 2.64 bits per heavy atom. The number of nitrogens with one attached hydrogen (secondary N) is 2. The summed E-state index contributed by atoms with van der Waals surface area (Å²) in [5.41, 5.74) is 1.91. The number of anilines is 3. The Balaban J connectivity index is 1.77. The van der Waals surface area contributed by atoms with E-state index in [1.165, 1.54) is 5.56 Å². The minimum atomic E-state index is 0.0946. The van der Waals surface area contributed by atoms with Crippen molar-refractivity contribution < 1.29 is 4.74 Å². The fraction of sp³-hybridized carbons (Fsp3) is 0.158. The van der Waals surface area contributed by atoms with Gasteiger partial charge in [0, 0.05) is 11.2 Å². The minimum absolute atomic E-state index is 0.0946. The number of methoxy groups -OCH3 is 1. The number of hydrogen-bond donors (Lipinski definition) is 2. The van der Waals surface area contributed by atoms with Crippen LogP contribution in [-0.2, 0) is 0 Å². The standard InChI is InChI=1S/C19H19ClN4O/c1-13(14-6-4-3-5-7-14)22-19-21-11-10-18(24-19)23-16-12-15(20)8-9-17(16)25-2/h3-13H,1-2H3,(H2,21,22,23,24). The van der Waals surface area contributed by atoms with Crippen LogP contribution in [0.5, 0.6) is 5.75 Å². The monoisotopic (exact) mass is 354 g/mol. The van der Waals surface area contributed by atoms with Crippen LogP contribution in [0, 0.1) is 0 Å². The molecule has 2 N–H and O–H groups in total. The first-order chi connectivity index (χ1) is 12.2. The third-order valence-electron chi connectivity index (χ3n) is 3.73. The molecular formula is C19H19ClN4O. The summed E-state index contributed by atoms with van der Waals surface area (Å²) in [7, 11) is 1.61. The molecule has 0 fully saturated rings. The Bertz CT molecular complexity index is 842. The highest BCUT2D eigenvalue weighted by atomic mass is 35.5. The quantitative estimate of drug-likeness (QED) is 0.648. The van der Waals surface area contributed by atoms with Crippen LogP contribution in [0.2, 0.25) is 5.02 Å². The Morgan fingerprint density at radius 2 is 1.88 bits per heavy atom. The third-order valence-corrected chi connectivity index (χ3v) is 3.96. The maximum Gasteiger partial charge on any atom is 0.225 e. The number of rotatable bonds is 6. The summed E-state index contributed by atoms with van der Waals surface area (Å²) >= 11 is 6.07. The van der Waals surface area contributed by atoms with Crippen molar-refractivity contribution in [2.24, 2.45) is 0 Å². The summed E-state index contributed by atoms with van der Waals surface area (Å²) in [6.45, 7) is 2.07. The van der Waals surface area contributed by atoms with Crippen molar-refractivity contribution in [3.05, 3.63) is 71.4 Å². The van der Waals surface area contributed by atoms with Gasteiger partial charge in [0.15, 0.2) is 0 Å². The largest absolute Gasteiger partial charge is 0.495 e. The molecule has 0 radical (unpaired) electrons. The smallest absolute Gasteiger partial charge is 0.225 e. The number of ether oxygens (including phenoxy) is 1. The van der Waals surface area contributed by atoms with Crippen LogP contribution in [0.25, 0.3) is 0 Å². The maximum atomic E-state index is 6.07. The van der Waals surface area contributed by atoms with Gasteiger partial charge < -0.3 is 15.4 Å². The van der Waals surface area contributed by atoms with Crippen LogP contribution < -0.4 is 15.4 Å². The first-order valence-electron chi connectivity index (χ1n) is 7.91. The lowest BCUT2D eigenvalue weighted by molar-refractivity contribution is 0.417. The van der Waals surface area contributed by atoms with E-state index in [9.17, 15) is 0 Å². The molecule has 0 spiro atoms. The molecule has 128 valence electrons. The lowest BCUT2D eigenvalue weighted by Crippen LogP contribution is -2.10. The molecular weight excluding hydrogens is 336 g/mol. The lowest BCUT2D eigenvalue weighted by Gasteiger charge is -2.15. The normalized spacial score (nSPS) is 11.6. The zero-order valence-corrected chi connectivity index (χ0v) is 14.8. The summed E-state index contributed by atoms with van der Waals surface area (Å²) < 4.78 is 5.35. The van der Waals surface area contributed by atoms with Gasteiger partial charge in [0.1, 0.15) is 11.6 Å². The van der Waals surface area contributed by atoms with E-state index in [1.807, 2.05) is 24.3 Å². The number of nitrogens with zero attached hydrogens (tertiary/aromatic N) is 2. The molecule has 25 heavy (non-hydrogen) atoms. The Labute approximate surface area is 152 Å². The highest BCUT2D eigenvalue weighted by Crippen LogP contribution is 2.30. The molecule has 1 aromatic heterocycles. The van der Waals surface area contributed by atoms with E-state index in [0.717, 1.165) is 5.69 Å². The Kier molecular flexibility index (Phi) is 5.36. The highest BCUT2D eigenvalue weighted by molar-refractivity contribution is 6.31. The van der Waals surface area contributed by atoms with Crippen molar-refractivity contribution in [2.75, 3.05) is 17.7 Å². The van der Waals surface area contributed by atoms with Gasteiger partial charge in [0.2, 0.25) is 5.95 Å². The van der Waals surface area contributed by atoms with Gasteiger partial charge in [-0.1, -0.05) is 41.9 Å². The molecule has 0 saturated carbocycles. The molecule has 1 unspecified atom stereocenters. The lowest BCUT2D eigenvalue weighted by atomic mass is 10.1. The zero-order chi connectivity index (χ0) is 17.6. The molecule has 0 aliphatic heterocycles. The van der Waals surface area contributed by atoms with Gasteiger partial charge >= 0.3 is 0 Å². The van der Waals surface area contributed by atoms with Crippen molar-refractivity contribution in [3.8, 4) is 5.75 Å². The van der Waals surface area contributed by atoms with E-state index < -0.39 is 0 Å². The second-order valence-corrected chi connectivity index (χ2v) is 5.95. The van der Waals surface area contributed by atoms with Crippen LogP contribution in [0.4, 0.5) is 17.5 Å². The Hall–Kier alpha value is -2.79. The van der Waals surface area contributed by atoms with E-state index in [1.54, 1.807) is 31.5 Å². The molecule has 0 amide bonds. The predicted octanol–water partition coefficient (Wildman–Crippen LogP) is 5.06. The fourth-order valence-corrected chi connectivity index (χ4v) is 2.60. The molecule has 3 aromatic rings. The first-order valence-corrected chi connectivity index (χ1v) is 8.28. The van der Waals surface area contributed by atoms with Crippen LogP contribution in [0.3, 0.4) is 0 Å². The third kappa shape index (κ3) is 4.39. The summed E-state index contributed by atoms with van der Waals surface area (Å²) in [6, 6.07) is 17.4. The van der Waals surface area contributed by atoms with Crippen LogP contribution in [0.15, 0.2) is 60.8 Å². The van der Waals surface area contributed by atoms with Gasteiger partial charge in [-0.15, -0.1) is 0 Å². The number of hydrogen-bond acceptors (Lipinski definition) is 5. The van der Waals surface area contributed by atoms with Crippen molar-refractivity contribution in [1.29, 1.82) is 0 Å². The van der Waals surface area contributed by atoms with Gasteiger partial charge in [-0.05, 0) is 36.8 Å². The molecule has 6 heteroatoms. The maximum absolute atomic E-state index is 6.07. The SMILES string of the molecule is COc1ccc(Cl)cc1Nc1ccnc(NC(C)c2ccccc2)n1. The summed E-state index contributed by atoms with van der Waals surface area (Å²) in [5, 5.41) is 7.14. The van der Waals surface area contributed by atoms with Gasteiger partial charge in [-0.3, -0.25) is 0 Å². The molecule has 0 aliphatic carbocycles. The van der Waals surface area contributed by atoms with Gasteiger partial charge in [0.05, 0.1) is 18.8 Å². The molecule has 3 rings (SSSR count). The van der Waals surface area contributed by atoms with Gasteiger partial charge in [-0.2, -0.15) is 4.98 Å².